The predicted molar refractivity (Wildman–Crippen MR) is 131 cm³/mol. The molecule has 0 aromatic heterocycles. The molecule has 0 bridgehead atoms. The van der Waals surface area contributed by atoms with Crippen molar-refractivity contribution in [2.24, 2.45) is 0 Å². The molecule has 0 heterocycles. The van der Waals surface area contributed by atoms with Crippen LogP contribution in [0.3, 0.4) is 0 Å². The molecule has 3 aromatic rings. The summed E-state index contributed by atoms with van der Waals surface area (Å²) < 4.78 is 16.2. The average Bonchev–Trinajstić information content (AvgIpc) is 2.87. The Labute approximate surface area is 195 Å². The van der Waals surface area contributed by atoms with E-state index in [1.54, 1.807) is 0 Å². The number of ether oxygens (including phenoxy) is 3. The van der Waals surface area contributed by atoms with Gasteiger partial charge in [-0.05, 0) is 16.7 Å². The summed E-state index contributed by atoms with van der Waals surface area (Å²) in [5.74, 6) is 0.846. The topological polar surface area (TPSA) is 47.9 Å². The number of hydrogen-bond acceptors (Lipinski definition) is 5. The van der Waals surface area contributed by atoms with Gasteiger partial charge in [0.25, 0.3) is 0 Å². The molecule has 0 atom stereocenters. The zero-order valence-electron chi connectivity index (χ0n) is 18.4. The Hall–Kier alpha value is -2.15. The van der Waals surface area contributed by atoms with Crippen molar-refractivity contribution < 1.29 is 19.3 Å². The number of rotatable bonds is 15. The second-order valence-electron chi connectivity index (χ2n) is 7.19. The minimum absolute atomic E-state index is 0.0389. The Balaban J connectivity index is 1.64. The SMILES string of the molecule is OCCOCCOCCOCCSC(c1ccccc1)(c1ccccc1)c1ccccc1. The third-order valence-electron chi connectivity index (χ3n) is 5.07. The van der Waals surface area contributed by atoms with Crippen LogP contribution in [-0.4, -0.2) is 57.1 Å². The lowest BCUT2D eigenvalue weighted by Crippen LogP contribution is -2.26. The highest BCUT2D eigenvalue weighted by molar-refractivity contribution is 8.00. The van der Waals surface area contributed by atoms with Crippen molar-refractivity contribution in [2.75, 3.05) is 52.0 Å². The van der Waals surface area contributed by atoms with Gasteiger partial charge in [0.05, 0.1) is 51.0 Å². The molecule has 3 rings (SSSR count). The molecule has 0 saturated carbocycles. The normalized spacial score (nSPS) is 11.5. The van der Waals surface area contributed by atoms with Gasteiger partial charge in [-0.1, -0.05) is 91.0 Å². The zero-order valence-corrected chi connectivity index (χ0v) is 19.2. The molecule has 0 aliphatic rings. The fraction of sp³-hybridized carbons (Fsp3) is 0.333. The first-order chi connectivity index (χ1) is 15.9. The van der Waals surface area contributed by atoms with Crippen LogP contribution in [0.4, 0.5) is 0 Å². The van der Waals surface area contributed by atoms with Crippen LogP contribution in [0.2, 0.25) is 0 Å². The summed E-state index contributed by atoms with van der Waals surface area (Å²) in [4.78, 5) is 0. The Morgan fingerprint density at radius 3 is 1.31 bits per heavy atom. The minimum atomic E-state index is -0.312. The highest BCUT2D eigenvalue weighted by Gasteiger charge is 2.36. The molecule has 0 fully saturated rings. The monoisotopic (exact) mass is 452 g/mol. The van der Waals surface area contributed by atoms with Gasteiger partial charge in [0.1, 0.15) is 0 Å². The number of aliphatic hydroxyl groups excluding tert-OH is 1. The van der Waals surface area contributed by atoms with Crippen molar-refractivity contribution in [3.63, 3.8) is 0 Å². The quantitative estimate of drug-likeness (QED) is 0.266. The average molecular weight is 453 g/mol. The third kappa shape index (κ3) is 6.92. The molecule has 4 nitrogen and oxygen atoms in total. The Morgan fingerprint density at radius 2 is 0.906 bits per heavy atom. The molecule has 0 radical (unpaired) electrons. The van der Waals surface area contributed by atoms with Gasteiger partial charge in [-0.2, -0.15) is 0 Å². The summed E-state index contributed by atoms with van der Waals surface area (Å²) in [5.41, 5.74) is 3.77. The molecule has 0 aliphatic carbocycles. The molecule has 5 heteroatoms. The Kier molecular flexibility index (Phi) is 10.8. The second-order valence-corrected chi connectivity index (χ2v) is 8.50. The molecule has 0 saturated heterocycles. The van der Waals surface area contributed by atoms with Gasteiger partial charge in [-0.25, -0.2) is 0 Å². The van der Waals surface area contributed by atoms with Crippen LogP contribution in [0.25, 0.3) is 0 Å². The van der Waals surface area contributed by atoms with Crippen LogP contribution in [0, 0.1) is 0 Å². The summed E-state index contributed by atoms with van der Waals surface area (Å²) in [5, 5.41) is 8.68. The van der Waals surface area contributed by atoms with Crippen molar-refractivity contribution in [1.82, 2.24) is 0 Å². The van der Waals surface area contributed by atoms with Crippen molar-refractivity contribution in [3.8, 4) is 0 Å². The standard InChI is InChI=1S/C27H32O4S/c28-16-17-29-18-19-30-20-21-31-22-23-32-27(24-10-4-1-5-11-24,25-12-6-2-7-13-25)26-14-8-3-9-15-26/h1-15,28H,16-23H2. The number of hydrogen-bond donors (Lipinski definition) is 1. The van der Waals surface area contributed by atoms with E-state index < -0.39 is 0 Å². The van der Waals surface area contributed by atoms with E-state index in [-0.39, 0.29) is 11.4 Å². The molecular weight excluding hydrogens is 420 g/mol. The molecule has 0 unspecified atom stereocenters. The first kappa shape index (κ1) is 24.5. The first-order valence-corrected chi connectivity index (χ1v) is 12.0. The van der Waals surface area contributed by atoms with E-state index >= 15 is 0 Å². The molecular formula is C27H32O4S. The van der Waals surface area contributed by atoms with Gasteiger partial charge in [-0.15, -0.1) is 11.8 Å². The smallest absolute Gasteiger partial charge is 0.0907 e. The highest BCUT2D eigenvalue weighted by Crippen LogP contribution is 2.48. The van der Waals surface area contributed by atoms with E-state index in [0.717, 1.165) is 5.75 Å². The number of benzene rings is 3. The fourth-order valence-electron chi connectivity index (χ4n) is 3.63. The third-order valence-corrected chi connectivity index (χ3v) is 6.58. The van der Waals surface area contributed by atoms with Crippen LogP contribution in [-0.2, 0) is 19.0 Å². The van der Waals surface area contributed by atoms with Gasteiger partial charge < -0.3 is 19.3 Å². The van der Waals surface area contributed by atoms with E-state index in [4.69, 9.17) is 19.3 Å². The van der Waals surface area contributed by atoms with E-state index in [9.17, 15) is 0 Å². The maximum atomic E-state index is 8.68. The fourth-order valence-corrected chi connectivity index (χ4v) is 5.04. The van der Waals surface area contributed by atoms with Gasteiger partial charge in [0.15, 0.2) is 0 Å². The maximum Gasteiger partial charge on any atom is 0.0907 e. The summed E-state index contributed by atoms with van der Waals surface area (Å²) in [6.07, 6.45) is 0. The van der Waals surface area contributed by atoms with Crippen LogP contribution >= 0.6 is 11.8 Å². The maximum absolute atomic E-state index is 8.68. The number of thioether (sulfide) groups is 1. The predicted octanol–water partition coefficient (Wildman–Crippen LogP) is 4.75. The van der Waals surface area contributed by atoms with Crippen LogP contribution < -0.4 is 0 Å². The summed E-state index contributed by atoms with van der Waals surface area (Å²) in [7, 11) is 0. The van der Waals surface area contributed by atoms with E-state index in [1.807, 2.05) is 11.8 Å². The van der Waals surface area contributed by atoms with E-state index in [2.05, 4.69) is 91.0 Å². The molecule has 0 aliphatic heterocycles. The molecule has 32 heavy (non-hydrogen) atoms. The minimum Gasteiger partial charge on any atom is -0.394 e. The lowest BCUT2D eigenvalue weighted by Gasteiger charge is -2.35. The van der Waals surface area contributed by atoms with Crippen LogP contribution in [0.5, 0.6) is 0 Å². The van der Waals surface area contributed by atoms with Gasteiger partial charge in [0.2, 0.25) is 0 Å². The van der Waals surface area contributed by atoms with Crippen molar-refractivity contribution in [2.45, 2.75) is 4.75 Å². The van der Waals surface area contributed by atoms with Crippen molar-refractivity contribution >= 4 is 11.8 Å². The molecule has 3 aromatic carbocycles. The molecule has 0 spiro atoms. The van der Waals surface area contributed by atoms with Gasteiger partial charge in [0, 0.05) is 5.75 Å². The van der Waals surface area contributed by atoms with Crippen molar-refractivity contribution in [3.05, 3.63) is 108 Å². The van der Waals surface area contributed by atoms with E-state index in [1.165, 1.54) is 16.7 Å². The Morgan fingerprint density at radius 1 is 0.531 bits per heavy atom. The lowest BCUT2D eigenvalue weighted by atomic mass is 9.84. The summed E-state index contributed by atoms with van der Waals surface area (Å²) in [6, 6.07) is 32.1. The zero-order chi connectivity index (χ0) is 22.3. The molecule has 170 valence electrons. The van der Waals surface area contributed by atoms with E-state index in [0.29, 0.717) is 39.6 Å². The second kappa shape index (κ2) is 14.1. The van der Waals surface area contributed by atoms with Crippen molar-refractivity contribution in [1.29, 1.82) is 0 Å². The summed E-state index contributed by atoms with van der Waals surface area (Å²) >= 11 is 1.90. The summed E-state index contributed by atoms with van der Waals surface area (Å²) in [6.45, 7) is 3.12. The lowest BCUT2D eigenvalue weighted by molar-refractivity contribution is 0.0100. The first-order valence-electron chi connectivity index (χ1n) is 11.0. The number of aliphatic hydroxyl groups is 1. The molecule has 0 amide bonds. The molecule has 1 N–H and O–H groups in total. The van der Waals surface area contributed by atoms with Crippen LogP contribution in [0.15, 0.2) is 91.0 Å². The van der Waals surface area contributed by atoms with Gasteiger partial charge in [-0.3, -0.25) is 0 Å². The van der Waals surface area contributed by atoms with Crippen LogP contribution in [0.1, 0.15) is 16.7 Å². The Bertz CT molecular complexity index is 762. The largest absolute Gasteiger partial charge is 0.394 e. The van der Waals surface area contributed by atoms with Gasteiger partial charge >= 0.3 is 0 Å². The highest BCUT2D eigenvalue weighted by atomic mass is 32.2.